The third-order valence-electron chi connectivity index (χ3n) is 4.89. The Bertz CT molecular complexity index is 560. The molecule has 1 heterocycles. The van der Waals surface area contributed by atoms with Crippen LogP contribution < -0.4 is 5.73 Å². The molecule has 0 aromatic heterocycles. The zero-order valence-corrected chi connectivity index (χ0v) is 12.7. The molecular formula is C17H24N2O. The van der Waals surface area contributed by atoms with Crippen LogP contribution in [0.5, 0.6) is 0 Å². The molecule has 1 unspecified atom stereocenters. The predicted octanol–water partition coefficient (Wildman–Crippen LogP) is 3.09. The van der Waals surface area contributed by atoms with Crippen molar-refractivity contribution in [3.05, 3.63) is 34.4 Å². The summed E-state index contributed by atoms with van der Waals surface area (Å²) < 4.78 is 0. The molecule has 0 saturated heterocycles. The summed E-state index contributed by atoms with van der Waals surface area (Å²) in [7, 11) is 0. The molecule has 1 aromatic rings. The van der Waals surface area contributed by atoms with Crippen LogP contribution in [0.1, 0.15) is 66.6 Å². The number of hydrogen-bond donors (Lipinski definition) is 1. The van der Waals surface area contributed by atoms with Gasteiger partial charge in [-0.25, -0.2) is 0 Å². The number of carbonyl (C=O) groups excluding carboxylic acids is 1. The van der Waals surface area contributed by atoms with Gasteiger partial charge < -0.3 is 10.6 Å². The van der Waals surface area contributed by atoms with Crippen LogP contribution in [0.15, 0.2) is 12.1 Å². The average Bonchev–Trinajstić information content (AvgIpc) is 3.06. The maximum Gasteiger partial charge on any atom is 0.254 e. The number of aryl methyl sites for hydroxylation is 1. The quantitative estimate of drug-likeness (QED) is 0.915. The van der Waals surface area contributed by atoms with Crippen molar-refractivity contribution in [1.82, 2.24) is 4.90 Å². The molecule has 3 rings (SSSR count). The van der Waals surface area contributed by atoms with E-state index in [-0.39, 0.29) is 11.4 Å². The van der Waals surface area contributed by atoms with E-state index in [9.17, 15) is 4.79 Å². The van der Waals surface area contributed by atoms with E-state index >= 15 is 0 Å². The van der Waals surface area contributed by atoms with Gasteiger partial charge in [-0.3, -0.25) is 4.79 Å². The van der Waals surface area contributed by atoms with Crippen molar-refractivity contribution in [2.24, 2.45) is 5.73 Å². The van der Waals surface area contributed by atoms with Gasteiger partial charge in [0.25, 0.3) is 5.91 Å². The summed E-state index contributed by atoms with van der Waals surface area (Å²) >= 11 is 0. The van der Waals surface area contributed by atoms with Crippen LogP contribution in [0.4, 0.5) is 0 Å². The van der Waals surface area contributed by atoms with Gasteiger partial charge in [-0.1, -0.05) is 19.4 Å². The largest absolute Gasteiger partial charge is 0.332 e. The molecule has 20 heavy (non-hydrogen) atoms. The highest BCUT2D eigenvalue weighted by Crippen LogP contribution is 2.44. The summed E-state index contributed by atoms with van der Waals surface area (Å²) in [5, 5.41) is 0. The fourth-order valence-corrected chi connectivity index (χ4v) is 3.26. The van der Waals surface area contributed by atoms with E-state index < -0.39 is 0 Å². The summed E-state index contributed by atoms with van der Waals surface area (Å²) in [4.78, 5) is 14.7. The second kappa shape index (κ2) is 4.59. The van der Waals surface area contributed by atoms with E-state index in [1.165, 1.54) is 11.1 Å². The van der Waals surface area contributed by atoms with E-state index in [1.54, 1.807) is 0 Å². The Kier molecular flexibility index (Phi) is 3.13. The molecule has 1 aliphatic carbocycles. The molecule has 108 valence electrons. The molecular weight excluding hydrogens is 248 g/mol. The van der Waals surface area contributed by atoms with Crippen molar-refractivity contribution in [2.75, 3.05) is 0 Å². The van der Waals surface area contributed by atoms with Crippen molar-refractivity contribution >= 4 is 5.91 Å². The number of hydrogen-bond acceptors (Lipinski definition) is 2. The van der Waals surface area contributed by atoms with Gasteiger partial charge in [-0.05, 0) is 55.9 Å². The van der Waals surface area contributed by atoms with Gasteiger partial charge in [0.2, 0.25) is 0 Å². The first kappa shape index (κ1) is 13.6. The van der Waals surface area contributed by atoms with Crippen LogP contribution in [-0.2, 0) is 12.1 Å². The number of amides is 1. The number of carbonyl (C=O) groups is 1. The van der Waals surface area contributed by atoms with Crippen LogP contribution >= 0.6 is 0 Å². The van der Waals surface area contributed by atoms with Gasteiger partial charge in [-0.2, -0.15) is 0 Å². The molecule has 1 aliphatic heterocycles. The van der Waals surface area contributed by atoms with Crippen LogP contribution in [0.25, 0.3) is 0 Å². The first-order chi connectivity index (χ1) is 9.46. The number of fused-ring (bicyclic) bond motifs is 1. The highest BCUT2D eigenvalue weighted by molar-refractivity contribution is 5.99. The zero-order valence-electron chi connectivity index (χ0n) is 12.7. The Balaban J connectivity index is 1.95. The lowest BCUT2D eigenvalue weighted by molar-refractivity contribution is 0.0708. The molecule has 1 atom stereocenters. The van der Waals surface area contributed by atoms with Gasteiger partial charge in [0.1, 0.15) is 0 Å². The van der Waals surface area contributed by atoms with E-state index in [1.807, 2.05) is 4.90 Å². The Morgan fingerprint density at radius 1 is 1.40 bits per heavy atom. The number of rotatable bonds is 4. The SMILES string of the molecule is CCCC(C)N1Cc2c(C)cc(C3(N)CC3)cc2C1=O. The van der Waals surface area contributed by atoms with Crippen LogP contribution in [0, 0.1) is 6.92 Å². The van der Waals surface area contributed by atoms with Gasteiger partial charge in [-0.15, -0.1) is 0 Å². The average molecular weight is 272 g/mol. The summed E-state index contributed by atoms with van der Waals surface area (Å²) in [5.74, 6) is 0.190. The van der Waals surface area contributed by atoms with E-state index in [2.05, 4.69) is 32.9 Å². The third-order valence-corrected chi connectivity index (χ3v) is 4.89. The fraction of sp³-hybridized carbons (Fsp3) is 0.588. The lowest BCUT2D eigenvalue weighted by Gasteiger charge is -2.23. The van der Waals surface area contributed by atoms with Gasteiger partial charge in [0.05, 0.1) is 0 Å². The molecule has 1 amide bonds. The maximum absolute atomic E-state index is 12.6. The summed E-state index contributed by atoms with van der Waals surface area (Å²) in [5.41, 5.74) is 10.6. The van der Waals surface area contributed by atoms with E-state index in [4.69, 9.17) is 5.73 Å². The van der Waals surface area contributed by atoms with Crippen LogP contribution in [-0.4, -0.2) is 16.8 Å². The topological polar surface area (TPSA) is 46.3 Å². The van der Waals surface area contributed by atoms with Gasteiger partial charge in [0.15, 0.2) is 0 Å². The fourth-order valence-electron chi connectivity index (χ4n) is 3.26. The molecule has 3 heteroatoms. The minimum atomic E-state index is -0.164. The van der Waals surface area contributed by atoms with Crippen molar-refractivity contribution in [2.45, 2.75) is 64.6 Å². The second-order valence-electron chi connectivity index (χ2n) is 6.55. The van der Waals surface area contributed by atoms with E-state index in [0.717, 1.165) is 43.4 Å². The number of benzene rings is 1. The molecule has 1 fully saturated rings. The molecule has 0 spiro atoms. The Morgan fingerprint density at radius 2 is 2.10 bits per heavy atom. The van der Waals surface area contributed by atoms with Crippen molar-refractivity contribution in [3.63, 3.8) is 0 Å². The summed E-state index contributed by atoms with van der Waals surface area (Å²) in [6.45, 7) is 7.18. The Labute approximate surface area is 121 Å². The first-order valence-electron chi connectivity index (χ1n) is 7.70. The van der Waals surface area contributed by atoms with Crippen molar-refractivity contribution < 1.29 is 4.79 Å². The first-order valence-corrected chi connectivity index (χ1v) is 7.70. The van der Waals surface area contributed by atoms with Crippen LogP contribution in [0.3, 0.4) is 0 Å². The minimum absolute atomic E-state index is 0.164. The molecule has 2 aliphatic rings. The normalized spacial score (nSPS) is 21.0. The molecule has 0 radical (unpaired) electrons. The summed E-state index contributed by atoms with van der Waals surface area (Å²) in [6, 6.07) is 4.55. The molecule has 0 bridgehead atoms. The number of nitrogens with zero attached hydrogens (tertiary/aromatic N) is 1. The van der Waals surface area contributed by atoms with Crippen molar-refractivity contribution in [1.29, 1.82) is 0 Å². The van der Waals surface area contributed by atoms with E-state index in [0.29, 0.717) is 6.04 Å². The highest BCUT2D eigenvalue weighted by Gasteiger charge is 2.42. The summed E-state index contributed by atoms with van der Waals surface area (Å²) in [6.07, 6.45) is 4.24. The zero-order chi connectivity index (χ0) is 14.5. The Morgan fingerprint density at radius 3 is 2.70 bits per heavy atom. The smallest absolute Gasteiger partial charge is 0.254 e. The molecule has 1 saturated carbocycles. The van der Waals surface area contributed by atoms with Crippen molar-refractivity contribution in [3.8, 4) is 0 Å². The standard InChI is InChI=1S/C17H24N2O/c1-4-5-12(3)19-10-15-11(2)8-13(17(18)6-7-17)9-14(15)16(19)20/h8-9,12H,4-7,10,18H2,1-3H3. The predicted molar refractivity (Wildman–Crippen MR) is 80.5 cm³/mol. The monoisotopic (exact) mass is 272 g/mol. The Hall–Kier alpha value is -1.35. The lowest BCUT2D eigenvalue weighted by atomic mass is 9.96. The lowest BCUT2D eigenvalue weighted by Crippen LogP contribution is -2.33. The van der Waals surface area contributed by atoms with Gasteiger partial charge >= 0.3 is 0 Å². The third kappa shape index (κ3) is 2.05. The molecule has 2 N–H and O–H groups in total. The minimum Gasteiger partial charge on any atom is -0.332 e. The maximum atomic E-state index is 12.6. The second-order valence-corrected chi connectivity index (χ2v) is 6.55. The molecule has 1 aromatic carbocycles. The highest BCUT2D eigenvalue weighted by atomic mass is 16.2. The van der Waals surface area contributed by atoms with Crippen LogP contribution in [0.2, 0.25) is 0 Å². The molecule has 3 nitrogen and oxygen atoms in total. The van der Waals surface area contributed by atoms with Gasteiger partial charge in [0, 0.05) is 23.7 Å². The number of nitrogens with two attached hydrogens (primary N) is 1.